The van der Waals surface area contributed by atoms with Crippen LogP contribution in [0.3, 0.4) is 0 Å². The molecule has 0 unspecified atom stereocenters. The number of anilines is 1. The summed E-state index contributed by atoms with van der Waals surface area (Å²) in [5, 5.41) is 0.101. The predicted molar refractivity (Wildman–Crippen MR) is 131 cm³/mol. The molecular formula is C26H31FN2O3S. The lowest BCUT2D eigenvalue weighted by Crippen LogP contribution is -2.26. The Bertz CT molecular complexity index is 1350. The maximum Gasteiger partial charge on any atom is 0.211 e. The van der Waals surface area contributed by atoms with E-state index in [1.807, 2.05) is 25.7 Å². The lowest BCUT2D eigenvalue weighted by Gasteiger charge is -2.24. The number of rotatable bonds is 5. The van der Waals surface area contributed by atoms with E-state index >= 15 is 4.39 Å². The van der Waals surface area contributed by atoms with Crippen molar-refractivity contribution < 1.29 is 12.8 Å². The van der Waals surface area contributed by atoms with Gasteiger partial charge in [-0.15, -0.1) is 0 Å². The van der Waals surface area contributed by atoms with Crippen molar-refractivity contribution in [3.63, 3.8) is 0 Å². The van der Waals surface area contributed by atoms with Crippen molar-refractivity contribution in [3.8, 4) is 0 Å². The summed E-state index contributed by atoms with van der Waals surface area (Å²) >= 11 is 0. The van der Waals surface area contributed by atoms with Crippen LogP contribution in [0.1, 0.15) is 50.2 Å². The molecule has 0 radical (unpaired) electrons. The van der Waals surface area contributed by atoms with Crippen molar-refractivity contribution in [3.05, 3.63) is 63.7 Å². The Labute approximate surface area is 194 Å². The number of benzene rings is 2. The van der Waals surface area contributed by atoms with E-state index in [0.717, 1.165) is 56.3 Å². The topological polar surface area (TPSA) is 59.4 Å². The number of fused-ring (bicyclic) bond motifs is 1. The second-order valence-electron chi connectivity index (χ2n) is 8.99. The number of hydrogen-bond acceptors (Lipinski definition) is 4. The van der Waals surface area contributed by atoms with E-state index in [0.29, 0.717) is 17.7 Å². The summed E-state index contributed by atoms with van der Waals surface area (Å²) in [6.07, 6.45) is 6.46. The van der Waals surface area contributed by atoms with Crippen LogP contribution in [0, 0.1) is 19.7 Å². The van der Waals surface area contributed by atoms with Gasteiger partial charge in [-0.05, 0) is 68.5 Å². The SMILES string of the molecule is CCCn1cc(S(=O)(=O)c2ccc(C)c(C)c2)c(=O)c2cc(F)c(N3CCCCCC3)cc21. The molecule has 0 N–H and O–H groups in total. The molecule has 1 fully saturated rings. The Morgan fingerprint density at radius 1 is 0.970 bits per heavy atom. The molecule has 2 aromatic carbocycles. The molecule has 5 nitrogen and oxygen atoms in total. The summed E-state index contributed by atoms with van der Waals surface area (Å²) in [6, 6.07) is 7.79. The monoisotopic (exact) mass is 470 g/mol. The third-order valence-electron chi connectivity index (χ3n) is 6.61. The smallest absolute Gasteiger partial charge is 0.211 e. The fraction of sp³-hybridized carbons (Fsp3) is 0.423. The van der Waals surface area contributed by atoms with Crippen LogP contribution in [0.5, 0.6) is 0 Å². The fourth-order valence-corrected chi connectivity index (χ4v) is 6.01. The molecule has 1 saturated heterocycles. The molecule has 7 heteroatoms. The number of pyridine rings is 1. The van der Waals surface area contributed by atoms with Crippen LogP contribution in [0.2, 0.25) is 0 Å². The van der Waals surface area contributed by atoms with Gasteiger partial charge in [0.15, 0.2) is 0 Å². The van der Waals surface area contributed by atoms with Crippen molar-refractivity contribution in [1.29, 1.82) is 0 Å². The predicted octanol–water partition coefficient (Wildman–Crippen LogP) is 5.38. The van der Waals surface area contributed by atoms with Gasteiger partial charge in [0.25, 0.3) is 0 Å². The normalized spacial score (nSPS) is 15.1. The van der Waals surface area contributed by atoms with E-state index < -0.39 is 21.1 Å². The number of halogens is 1. The average Bonchev–Trinajstić information content (AvgIpc) is 3.06. The highest BCUT2D eigenvalue weighted by atomic mass is 32.2. The van der Waals surface area contributed by atoms with Gasteiger partial charge in [0.05, 0.1) is 21.5 Å². The second-order valence-corrected chi connectivity index (χ2v) is 10.9. The minimum absolute atomic E-state index is 0.0757. The van der Waals surface area contributed by atoms with E-state index in [9.17, 15) is 13.2 Å². The maximum absolute atomic E-state index is 15.2. The highest BCUT2D eigenvalue weighted by molar-refractivity contribution is 7.91. The third-order valence-corrected chi connectivity index (χ3v) is 8.35. The molecule has 176 valence electrons. The summed E-state index contributed by atoms with van der Waals surface area (Å²) in [4.78, 5) is 15.2. The molecule has 0 saturated carbocycles. The van der Waals surface area contributed by atoms with E-state index in [1.165, 1.54) is 18.3 Å². The van der Waals surface area contributed by atoms with Crippen LogP contribution in [0.4, 0.5) is 10.1 Å². The Morgan fingerprint density at radius 2 is 1.67 bits per heavy atom. The van der Waals surface area contributed by atoms with Crippen LogP contribution in [-0.2, 0) is 16.4 Å². The lowest BCUT2D eigenvalue weighted by molar-refractivity contribution is 0.592. The summed E-state index contributed by atoms with van der Waals surface area (Å²) in [5.74, 6) is -0.481. The Balaban J connectivity index is 1.93. The van der Waals surface area contributed by atoms with Crippen LogP contribution < -0.4 is 10.3 Å². The maximum atomic E-state index is 15.2. The molecular weight excluding hydrogens is 439 g/mol. The molecule has 33 heavy (non-hydrogen) atoms. The Kier molecular flexibility index (Phi) is 6.61. The van der Waals surface area contributed by atoms with Crippen molar-refractivity contribution in [2.45, 2.75) is 69.2 Å². The van der Waals surface area contributed by atoms with E-state index in [1.54, 1.807) is 22.8 Å². The largest absolute Gasteiger partial charge is 0.369 e. The van der Waals surface area contributed by atoms with Gasteiger partial charge in [-0.25, -0.2) is 12.8 Å². The average molecular weight is 471 g/mol. The van der Waals surface area contributed by atoms with Crippen molar-refractivity contribution in [2.75, 3.05) is 18.0 Å². The number of aromatic nitrogens is 1. The van der Waals surface area contributed by atoms with Crippen molar-refractivity contribution in [1.82, 2.24) is 4.57 Å². The quantitative estimate of drug-likeness (QED) is 0.502. The first-order valence-corrected chi connectivity index (χ1v) is 13.2. The molecule has 0 aliphatic carbocycles. The first-order valence-electron chi connectivity index (χ1n) is 11.7. The van der Waals surface area contributed by atoms with Gasteiger partial charge in [0, 0.05) is 25.8 Å². The molecule has 1 aliphatic rings. The molecule has 3 aromatic rings. The van der Waals surface area contributed by atoms with E-state index in [-0.39, 0.29) is 15.2 Å². The standard InChI is InChI=1S/C26H31FN2O3S/c1-4-11-29-17-25(33(31,32)20-10-9-18(2)19(3)14-20)26(30)21-15-22(27)24(16-23(21)29)28-12-7-5-6-8-13-28/h9-10,14-17H,4-8,11-13H2,1-3H3. The highest BCUT2D eigenvalue weighted by Gasteiger charge is 2.25. The number of aryl methyl sites for hydroxylation is 3. The molecule has 0 spiro atoms. The first kappa shape index (κ1) is 23.5. The number of hydrogen-bond donors (Lipinski definition) is 0. The van der Waals surface area contributed by atoms with Gasteiger partial charge in [-0.1, -0.05) is 25.8 Å². The van der Waals surface area contributed by atoms with Crippen LogP contribution in [0.25, 0.3) is 10.9 Å². The van der Waals surface area contributed by atoms with Gasteiger partial charge < -0.3 is 9.47 Å². The highest BCUT2D eigenvalue weighted by Crippen LogP contribution is 2.29. The van der Waals surface area contributed by atoms with Gasteiger partial charge in [-0.3, -0.25) is 4.79 Å². The summed E-state index contributed by atoms with van der Waals surface area (Å²) in [5.41, 5.74) is 2.20. The minimum Gasteiger partial charge on any atom is -0.369 e. The van der Waals surface area contributed by atoms with Crippen molar-refractivity contribution in [2.24, 2.45) is 0 Å². The summed E-state index contributed by atoms with van der Waals surface area (Å²) in [6.45, 7) is 7.81. The summed E-state index contributed by atoms with van der Waals surface area (Å²) in [7, 11) is -4.06. The zero-order valence-electron chi connectivity index (χ0n) is 19.5. The lowest BCUT2D eigenvalue weighted by atomic mass is 10.1. The molecule has 1 aliphatic heterocycles. The minimum atomic E-state index is -4.06. The number of sulfone groups is 1. The zero-order valence-corrected chi connectivity index (χ0v) is 20.3. The van der Waals surface area contributed by atoms with Gasteiger partial charge in [-0.2, -0.15) is 0 Å². The van der Waals surface area contributed by atoms with Crippen LogP contribution >= 0.6 is 0 Å². The van der Waals surface area contributed by atoms with Gasteiger partial charge in [0.2, 0.25) is 15.3 Å². The van der Waals surface area contributed by atoms with Gasteiger partial charge in [0.1, 0.15) is 10.7 Å². The fourth-order valence-electron chi connectivity index (χ4n) is 4.55. The molecule has 0 atom stereocenters. The van der Waals surface area contributed by atoms with Crippen LogP contribution in [0.15, 0.2) is 51.1 Å². The van der Waals surface area contributed by atoms with E-state index in [4.69, 9.17) is 0 Å². The molecule has 1 aromatic heterocycles. The molecule has 2 heterocycles. The van der Waals surface area contributed by atoms with E-state index in [2.05, 4.69) is 0 Å². The van der Waals surface area contributed by atoms with Crippen LogP contribution in [-0.4, -0.2) is 26.1 Å². The molecule has 0 amide bonds. The second kappa shape index (κ2) is 9.29. The Hall–Kier alpha value is -2.67. The van der Waals surface area contributed by atoms with Crippen molar-refractivity contribution >= 4 is 26.4 Å². The zero-order chi connectivity index (χ0) is 23.8. The molecule has 0 bridgehead atoms. The third kappa shape index (κ3) is 4.43. The van der Waals surface area contributed by atoms with Gasteiger partial charge >= 0.3 is 0 Å². The summed E-state index contributed by atoms with van der Waals surface area (Å²) < 4.78 is 43.9. The molecule has 4 rings (SSSR count). The first-order chi connectivity index (χ1) is 15.7. The Morgan fingerprint density at radius 3 is 2.30 bits per heavy atom. The number of nitrogens with zero attached hydrogens (tertiary/aromatic N) is 2.